The zero-order valence-corrected chi connectivity index (χ0v) is 14.7. The zero-order chi connectivity index (χ0) is 17.1. The summed E-state index contributed by atoms with van der Waals surface area (Å²) in [6, 6.07) is 14.0. The van der Waals surface area contributed by atoms with Crippen LogP contribution in [0.1, 0.15) is 18.1 Å². The Morgan fingerprint density at radius 2 is 1.83 bits per heavy atom. The molecule has 2 aromatic carbocycles. The summed E-state index contributed by atoms with van der Waals surface area (Å²) in [5.41, 5.74) is 6.25. The Labute approximate surface area is 145 Å². The van der Waals surface area contributed by atoms with Gasteiger partial charge in [-0.1, -0.05) is 29.8 Å². The molecule has 0 atom stereocenters. The van der Waals surface area contributed by atoms with E-state index in [9.17, 15) is 4.79 Å². The number of benzene rings is 2. The second-order valence-electron chi connectivity index (χ2n) is 5.74. The fourth-order valence-electron chi connectivity index (χ4n) is 2.46. The van der Waals surface area contributed by atoms with E-state index in [1.807, 2.05) is 29.6 Å². The van der Waals surface area contributed by atoms with E-state index in [2.05, 4.69) is 47.7 Å². The summed E-state index contributed by atoms with van der Waals surface area (Å²) in [5.74, 6) is -0.0728. The van der Waals surface area contributed by atoms with Gasteiger partial charge in [0, 0.05) is 29.2 Å². The second-order valence-corrected chi connectivity index (χ2v) is 6.60. The number of rotatable bonds is 4. The molecule has 0 saturated carbocycles. The first kappa shape index (κ1) is 16.2. The van der Waals surface area contributed by atoms with Crippen LogP contribution < -0.4 is 10.6 Å². The Bertz CT molecular complexity index is 869. The quantitative estimate of drug-likeness (QED) is 0.694. The van der Waals surface area contributed by atoms with Crippen molar-refractivity contribution in [3.8, 4) is 11.3 Å². The van der Waals surface area contributed by atoms with E-state index in [1.54, 1.807) is 11.3 Å². The van der Waals surface area contributed by atoms with Crippen molar-refractivity contribution in [2.24, 2.45) is 0 Å². The molecule has 0 unspecified atom stereocenters. The highest BCUT2D eigenvalue weighted by Crippen LogP contribution is 2.29. The fourth-order valence-corrected chi connectivity index (χ4v) is 3.19. The zero-order valence-electron chi connectivity index (χ0n) is 13.9. The molecule has 24 heavy (non-hydrogen) atoms. The second kappa shape index (κ2) is 6.84. The maximum Gasteiger partial charge on any atom is 0.221 e. The standard InChI is InChI=1S/C19H19N3OS/c1-12-4-9-17(13(2)10-12)21-19-22-18(11-24-19)15-5-7-16(8-6-15)20-14(3)23/h4-11H,1-3H3,(H,20,23)(H,21,22). The lowest BCUT2D eigenvalue weighted by Crippen LogP contribution is -2.05. The molecule has 0 aliphatic carbocycles. The topological polar surface area (TPSA) is 54.0 Å². The number of carbonyl (C=O) groups is 1. The van der Waals surface area contributed by atoms with E-state index in [0.717, 1.165) is 27.8 Å². The lowest BCUT2D eigenvalue weighted by atomic mass is 10.1. The van der Waals surface area contributed by atoms with E-state index in [0.29, 0.717) is 0 Å². The maximum absolute atomic E-state index is 11.1. The highest BCUT2D eigenvalue weighted by atomic mass is 32.1. The average molecular weight is 337 g/mol. The first-order valence-electron chi connectivity index (χ1n) is 7.69. The number of nitrogens with zero attached hydrogens (tertiary/aromatic N) is 1. The minimum absolute atomic E-state index is 0.0728. The average Bonchev–Trinajstić information content (AvgIpc) is 2.99. The molecule has 0 radical (unpaired) electrons. The largest absolute Gasteiger partial charge is 0.331 e. The number of amides is 1. The first-order chi connectivity index (χ1) is 11.5. The molecule has 3 aromatic rings. The summed E-state index contributed by atoms with van der Waals surface area (Å²) in [6.07, 6.45) is 0. The van der Waals surface area contributed by atoms with Crippen molar-refractivity contribution < 1.29 is 4.79 Å². The molecular weight excluding hydrogens is 318 g/mol. The third-order valence-electron chi connectivity index (χ3n) is 3.63. The van der Waals surface area contributed by atoms with Crippen LogP contribution in [-0.4, -0.2) is 10.9 Å². The van der Waals surface area contributed by atoms with Crippen LogP contribution in [-0.2, 0) is 4.79 Å². The Kier molecular flexibility index (Phi) is 4.62. The molecule has 0 aliphatic rings. The predicted molar refractivity (Wildman–Crippen MR) is 101 cm³/mol. The SMILES string of the molecule is CC(=O)Nc1ccc(-c2csc(Nc3ccc(C)cc3C)n2)cc1. The van der Waals surface area contributed by atoms with Crippen LogP contribution in [0, 0.1) is 13.8 Å². The molecule has 2 N–H and O–H groups in total. The molecule has 1 amide bonds. The van der Waals surface area contributed by atoms with Gasteiger partial charge in [-0.3, -0.25) is 4.79 Å². The summed E-state index contributed by atoms with van der Waals surface area (Å²) < 4.78 is 0. The summed E-state index contributed by atoms with van der Waals surface area (Å²) >= 11 is 1.58. The summed E-state index contributed by atoms with van der Waals surface area (Å²) in [6.45, 7) is 5.67. The Hall–Kier alpha value is -2.66. The number of thiazole rings is 1. The van der Waals surface area contributed by atoms with Crippen LogP contribution in [0.15, 0.2) is 47.8 Å². The summed E-state index contributed by atoms with van der Waals surface area (Å²) in [4.78, 5) is 15.7. The van der Waals surface area contributed by atoms with Gasteiger partial charge in [-0.25, -0.2) is 4.98 Å². The summed E-state index contributed by atoms with van der Waals surface area (Å²) in [7, 11) is 0. The van der Waals surface area contributed by atoms with Crippen LogP contribution in [0.4, 0.5) is 16.5 Å². The van der Waals surface area contributed by atoms with Gasteiger partial charge >= 0.3 is 0 Å². The molecule has 0 fully saturated rings. The molecule has 122 valence electrons. The smallest absolute Gasteiger partial charge is 0.221 e. The molecule has 0 aliphatic heterocycles. The van der Waals surface area contributed by atoms with Crippen molar-refractivity contribution in [1.29, 1.82) is 0 Å². The van der Waals surface area contributed by atoms with E-state index in [4.69, 9.17) is 0 Å². The molecule has 1 aromatic heterocycles. The number of aryl methyl sites for hydroxylation is 2. The molecular formula is C19H19N3OS. The van der Waals surface area contributed by atoms with Crippen LogP contribution in [0.25, 0.3) is 11.3 Å². The molecule has 1 heterocycles. The highest BCUT2D eigenvalue weighted by molar-refractivity contribution is 7.14. The van der Waals surface area contributed by atoms with Crippen molar-refractivity contribution >= 4 is 33.8 Å². The fraction of sp³-hybridized carbons (Fsp3) is 0.158. The highest BCUT2D eigenvalue weighted by Gasteiger charge is 2.07. The third-order valence-corrected chi connectivity index (χ3v) is 4.39. The van der Waals surface area contributed by atoms with E-state index in [1.165, 1.54) is 18.1 Å². The predicted octanol–water partition coefficient (Wildman–Crippen LogP) is 5.13. The van der Waals surface area contributed by atoms with Gasteiger partial charge in [0.1, 0.15) is 0 Å². The minimum atomic E-state index is -0.0728. The molecule has 5 heteroatoms. The lowest BCUT2D eigenvalue weighted by Gasteiger charge is -2.07. The Balaban J connectivity index is 1.76. The molecule has 0 spiro atoms. The number of hydrogen-bond acceptors (Lipinski definition) is 4. The number of aromatic nitrogens is 1. The number of hydrogen-bond donors (Lipinski definition) is 2. The number of nitrogens with one attached hydrogen (secondary N) is 2. The third kappa shape index (κ3) is 3.81. The van der Waals surface area contributed by atoms with Crippen molar-refractivity contribution in [2.75, 3.05) is 10.6 Å². The van der Waals surface area contributed by atoms with Gasteiger partial charge in [0.2, 0.25) is 5.91 Å². The Morgan fingerprint density at radius 1 is 1.08 bits per heavy atom. The van der Waals surface area contributed by atoms with Gasteiger partial charge < -0.3 is 10.6 Å². The van der Waals surface area contributed by atoms with Crippen molar-refractivity contribution in [3.63, 3.8) is 0 Å². The van der Waals surface area contributed by atoms with E-state index >= 15 is 0 Å². The molecule has 0 saturated heterocycles. The molecule has 0 bridgehead atoms. The van der Waals surface area contributed by atoms with Gasteiger partial charge in [-0.05, 0) is 37.6 Å². The summed E-state index contributed by atoms with van der Waals surface area (Å²) in [5, 5.41) is 9.03. The van der Waals surface area contributed by atoms with E-state index < -0.39 is 0 Å². The van der Waals surface area contributed by atoms with Gasteiger partial charge in [-0.2, -0.15) is 0 Å². The molecule has 4 nitrogen and oxygen atoms in total. The molecule has 3 rings (SSSR count). The normalized spacial score (nSPS) is 10.5. The van der Waals surface area contributed by atoms with Gasteiger partial charge in [0.05, 0.1) is 5.69 Å². The van der Waals surface area contributed by atoms with Crippen molar-refractivity contribution in [3.05, 3.63) is 59.0 Å². The first-order valence-corrected chi connectivity index (χ1v) is 8.57. The van der Waals surface area contributed by atoms with Crippen molar-refractivity contribution in [2.45, 2.75) is 20.8 Å². The number of anilines is 3. The van der Waals surface area contributed by atoms with Gasteiger partial charge in [0.25, 0.3) is 0 Å². The van der Waals surface area contributed by atoms with Crippen LogP contribution in [0.3, 0.4) is 0 Å². The van der Waals surface area contributed by atoms with E-state index in [-0.39, 0.29) is 5.91 Å². The monoisotopic (exact) mass is 337 g/mol. The van der Waals surface area contributed by atoms with Crippen LogP contribution in [0.5, 0.6) is 0 Å². The number of carbonyl (C=O) groups excluding carboxylic acids is 1. The van der Waals surface area contributed by atoms with Gasteiger partial charge in [0.15, 0.2) is 5.13 Å². The van der Waals surface area contributed by atoms with Crippen LogP contribution in [0.2, 0.25) is 0 Å². The minimum Gasteiger partial charge on any atom is -0.331 e. The Morgan fingerprint density at radius 3 is 2.50 bits per heavy atom. The lowest BCUT2D eigenvalue weighted by molar-refractivity contribution is -0.114. The van der Waals surface area contributed by atoms with Crippen molar-refractivity contribution in [1.82, 2.24) is 4.98 Å². The maximum atomic E-state index is 11.1. The van der Waals surface area contributed by atoms with Gasteiger partial charge in [-0.15, -0.1) is 11.3 Å². The van der Waals surface area contributed by atoms with Crippen LogP contribution >= 0.6 is 11.3 Å².